The molecule has 6 heteroatoms. The summed E-state index contributed by atoms with van der Waals surface area (Å²) in [5.41, 5.74) is 8.16. The highest BCUT2D eigenvalue weighted by molar-refractivity contribution is 5.95. The lowest BCUT2D eigenvalue weighted by Crippen LogP contribution is -2.37. The number of carbonyl (C=O) groups excluding carboxylic acids is 1. The van der Waals surface area contributed by atoms with E-state index < -0.39 is 6.04 Å². The number of halogens is 1. The van der Waals surface area contributed by atoms with E-state index in [1.54, 1.807) is 20.2 Å². The molecule has 0 aliphatic heterocycles. The Bertz CT molecular complexity index is 698. The van der Waals surface area contributed by atoms with E-state index in [0.717, 1.165) is 11.1 Å². The van der Waals surface area contributed by atoms with Gasteiger partial charge in [0.25, 0.3) is 5.56 Å². The van der Waals surface area contributed by atoms with Crippen LogP contribution < -0.4 is 16.6 Å². The molecule has 0 aliphatic rings. The molecule has 3 N–H and O–H groups in total. The highest BCUT2D eigenvalue weighted by atomic mass is 35.5. The lowest BCUT2D eigenvalue weighted by Gasteiger charge is -2.14. The Hall–Kier alpha value is -2.11. The summed E-state index contributed by atoms with van der Waals surface area (Å²) in [5, 5.41) is 2.77. The normalized spacial score (nSPS) is 11.4. The van der Waals surface area contributed by atoms with Crippen molar-refractivity contribution >= 4 is 24.0 Å². The van der Waals surface area contributed by atoms with Gasteiger partial charge in [0.2, 0.25) is 5.91 Å². The first kappa shape index (κ1) is 17.9. The molecule has 0 aliphatic carbocycles. The zero-order valence-electron chi connectivity index (χ0n) is 12.6. The van der Waals surface area contributed by atoms with Crippen LogP contribution in [0.1, 0.15) is 11.1 Å². The predicted octanol–water partition coefficient (Wildman–Crippen LogP) is 1.62. The maximum absolute atomic E-state index is 12.1. The third-order valence-corrected chi connectivity index (χ3v) is 3.33. The number of aromatic nitrogens is 1. The van der Waals surface area contributed by atoms with Crippen LogP contribution in [-0.4, -0.2) is 16.5 Å². The lowest BCUT2D eigenvalue weighted by atomic mass is 10.1. The molecular formula is C16H20ClN3O2. The number of hydrogen-bond donors (Lipinski definition) is 2. The van der Waals surface area contributed by atoms with E-state index in [9.17, 15) is 9.59 Å². The van der Waals surface area contributed by atoms with Crippen LogP contribution in [0.4, 0.5) is 5.69 Å². The molecule has 0 saturated carbocycles. The maximum atomic E-state index is 12.1. The fourth-order valence-corrected chi connectivity index (χ4v) is 2.04. The van der Waals surface area contributed by atoms with Crippen molar-refractivity contribution < 1.29 is 4.79 Å². The van der Waals surface area contributed by atoms with Crippen molar-refractivity contribution in [2.75, 3.05) is 5.32 Å². The first-order valence-corrected chi connectivity index (χ1v) is 6.75. The standard InChI is InChI=1S/C16H19N3O2.ClH/c1-11-8-15(20)19(2)10-14(11)18-16(21)13(17)9-12-6-4-3-5-7-12;/h3-8,10,13H,9,17H2,1-2H3,(H,18,21);1H/t13-;/m0./s1. The monoisotopic (exact) mass is 321 g/mol. The highest BCUT2D eigenvalue weighted by Crippen LogP contribution is 2.11. The Kier molecular flexibility index (Phi) is 6.34. The van der Waals surface area contributed by atoms with Crippen LogP contribution in [0.3, 0.4) is 0 Å². The number of benzene rings is 1. The molecular weight excluding hydrogens is 302 g/mol. The number of carbonyl (C=O) groups is 1. The molecule has 0 unspecified atom stereocenters. The second-order valence-corrected chi connectivity index (χ2v) is 5.10. The minimum Gasteiger partial charge on any atom is -0.323 e. The van der Waals surface area contributed by atoms with Gasteiger partial charge in [0.1, 0.15) is 0 Å². The van der Waals surface area contributed by atoms with E-state index in [1.165, 1.54) is 10.6 Å². The largest absolute Gasteiger partial charge is 0.323 e. The summed E-state index contributed by atoms with van der Waals surface area (Å²) in [6.45, 7) is 1.78. The number of amides is 1. The van der Waals surface area contributed by atoms with Gasteiger partial charge in [0, 0.05) is 19.3 Å². The van der Waals surface area contributed by atoms with Gasteiger partial charge in [-0.1, -0.05) is 30.3 Å². The van der Waals surface area contributed by atoms with Gasteiger partial charge in [-0.15, -0.1) is 12.4 Å². The molecule has 0 fully saturated rings. The Labute approximate surface area is 135 Å². The molecule has 5 nitrogen and oxygen atoms in total. The Morgan fingerprint density at radius 2 is 1.95 bits per heavy atom. The number of aryl methyl sites for hydroxylation is 2. The number of nitrogens with zero attached hydrogens (tertiary/aromatic N) is 1. The zero-order chi connectivity index (χ0) is 15.4. The number of hydrogen-bond acceptors (Lipinski definition) is 3. The summed E-state index contributed by atoms with van der Waals surface area (Å²) in [5.74, 6) is -0.263. The van der Waals surface area contributed by atoms with E-state index in [2.05, 4.69) is 5.32 Å². The lowest BCUT2D eigenvalue weighted by molar-refractivity contribution is -0.117. The number of nitrogens with two attached hydrogens (primary N) is 1. The number of rotatable bonds is 4. The van der Waals surface area contributed by atoms with Gasteiger partial charge >= 0.3 is 0 Å². The van der Waals surface area contributed by atoms with Gasteiger partial charge in [0.05, 0.1) is 11.7 Å². The Morgan fingerprint density at radius 1 is 1.32 bits per heavy atom. The van der Waals surface area contributed by atoms with E-state index >= 15 is 0 Å². The molecule has 1 atom stereocenters. The SMILES string of the molecule is Cc1cc(=O)n(C)cc1NC(=O)[C@@H](N)Cc1ccccc1.Cl. The minimum atomic E-state index is -0.635. The molecule has 0 saturated heterocycles. The molecule has 1 heterocycles. The molecule has 0 spiro atoms. The van der Waals surface area contributed by atoms with Gasteiger partial charge in [-0.3, -0.25) is 9.59 Å². The topological polar surface area (TPSA) is 77.1 Å². The third-order valence-electron chi connectivity index (χ3n) is 3.33. The van der Waals surface area contributed by atoms with E-state index in [4.69, 9.17) is 5.73 Å². The summed E-state index contributed by atoms with van der Waals surface area (Å²) >= 11 is 0. The van der Waals surface area contributed by atoms with Crippen molar-refractivity contribution in [1.29, 1.82) is 0 Å². The molecule has 1 aromatic heterocycles. The van der Waals surface area contributed by atoms with Crippen LogP contribution in [-0.2, 0) is 18.3 Å². The first-order valence-electron chi connectivity index (χ1n) is 6.75. The smallest absolute Gasteiger partial charge is 0.250 e. The molecule has 2 aromatic rings. The molecule has 22 heavy (non-hydrogen) atoms. The summed E-state index contributed by atoms with van der Waals surface area (Å²) < 4.78 is 1.42. The quantitative estimate of drug-likeness (QED) is 0.898. The molecule has 118 valence electrons. The Balaban J connectivity index is 0.00000242. The second-order valence-electron chi connectivity index (χ2n) is 5.10. The van der Waals surface area contributed by atoms with Crippen LogP contribution >= 0.6 is 12.4 Å². The number of nitrogens with one attached hydrogen (secondary N) is 1. The van der Waals surface area contributed by atoms with Gasteiger partial charge in [-0.25, -0.2) is 0 Å². The average Bonchev–Trinajstić information content (AvgIpc) is 2.45. The molecule has 2 rings (SSSR count). The molecule has 0 radical (unpaired) electrons. The number of anilines is 1. The van der Waals surface area contributed by atoms with Gasteiger partial charge in [-0.2, -0.15) is 0 Å². The average molecular weight is 322 g/mol. The van der Waals surface area contributed by atoms with E-state index in [1.807, 2.05) is 30.3 Å². The van der Waals surface area contributed by atoms with Crippen molar-refractivity contribution in [3.63, 3.8) is 0 Å². The second kappa shape index (κ2) is 7.77. The predicted molar refractivity (Wildman–Crippen MR) is 90.4 cm³/mol. The van der Waals surface area contributed by atoms with Gasteiger partial charge < -0.3 is 15.6 Å². The van der Waals surface area contributed by atoms with Crippen molar-refractivity contribution in [1.82, 2.24) is 4.57 Å². The van der Waals surface area contributed by atoms with Crippen molar-refractivity contribution in [2.24, 2.45) is 12.8 Å². The number of pyridine rings is 1. The van der Waals surface area contributed by atoms with Crippen molar-refractivity contribution in [2.45, 2.75) is 19.4 Å². The first-order chi connectivity index (χ1) is 9.97. The van der Waals surface area contributed by atoms with E-state index in [-0.39, 0.29) is 23.9 Å². The molecule has 0 bridgehead atoms. The van der Waals surface area contributed by atoms with Crippen LogP contribution in [0.2, 0.25) is 0 Å². The van der Waals surface area contributed by atoms with Gasteiger partial charge in [0.15, 0.2) is 0 Å². The van der Waals surface area contributed by atoms with Crippen LogP contribution in [0, 0.1) is 6.92 Å². The van der Waals surface area contributed by atoms with Crippen LogP contribution in [0.15, 0.2) is 47.4 Å². The van der Waals surface area contributed by atoms with Crippen molar-refractivity contribution in [3.8, 4) is 0 Å². The van der Waals surface area contributed by atoms with Gasteiger partial charge in [-0.05, 0) is 24.5 Å². The molecule has 1 aromatic carbocycles. The Morgan fingerprint density at radius 3 is 2.59 bits per heavy atom. The van der Waals surface area contributed by atoms with Crippen LogP contribution in [0.5, 0.6) is 0 Å². The summed E-state index contributed by atoms with van der Waals surface area (Å²) in [6, 6.07) is 10.5. The summed E-state index contributed by atoms with van der Waals surface area (Å²) in [6.07, 6.45) is 2.07. The molecule has 1 amide bonds. The van der Waals surface area contributed by atoms with Crippen LogP contribution in [0.25, 0.3) is 0 Å². The third kappa shape index (κ3) is 4.44. The maximum Gasteiger partial charge on any atom is 0.250 e. The minimum absolute atomic E-state index is 0. The van der Waals surface area contributed by atoms with Crippen molar-refractivity contribution in [3.05, 3.63) is 64.1 Å². The fourth-order valence-electron chi connectivity index (χ4n) is 2.04. The summed E-state index contributed by atoms with van der Waals surface area (Å²) in [7, 11) is 1.64. The fraction of sp³-hybridized carbons (Fsp3) is 0.250. The van der Waals surface area contributed by atoms with E-state index in [0.29, 0.717) is 12.1 Å². The summed E-state index contributed by atoms with van der Waals surface area (Å²) in [4.78, 5) is 23.6. The zero-order valence-corrected chi connectivity index (χ0v) is 13.4. The highest BCUT2D eigenvalue weighted by Gasteiger charge is 2.15.